The monoisotopic (exact) mass is 406 g/mol. The summed E-state index contributed by atoms with van der Waals surface area (Å²) in [5.41, 5.74) is 2.08. The predicted molar refractivity (Wildman–Crippen MR) is 117 cm³/mol. The van der Waals surface area contributed by atoms with Gasteiger partial charge in [0.25, 0.3) is 5.91 Å². The molecule has 1 aromatic carbocycles. The molecule has 1 saturated heterocycles. The van der Waals surface area contributed by atoms with Crippen LogP contribution in [0.4, 0.5) is 5.95 Å². The van der Waals surface area contributed by atoms with Crippen molar-refractivity contribution in [1.29, 1.82) is 0 Å². The molecule has 6 heteroatoms. The number of carbonyl (C=O) groups excluding carboxylic acids is 1. The van der Waals surface area contributed by atoms with Gasteiger partial charge < -0.3 is 4.90 Å². The minimum Gasteiger partial charge on any atom is -0.303 e. The molecule has 0 spiro atoms. The Morgan fingerprint density at radius 2 is 1.97 bits per heavy atom. The Hall–Kier alpha value is -2.57. The summed E-state index contributed by atoms with van der Waals surface area (Å²) in [7, 11) is 0. The average molecular weight is 407 g/mol. The number of thiophene rings is 1. The number of hydrogen-bond acceptors (Lipinski definition) is 5. The van der Waals surface area contributed by atoms with Gasteiger partial charge in [0.05, 0.1) is 5.56 Å². The SMILES string of the molecule is C[C@@H]1CN(CCc2ccccc2)CC[C@@H]1N(C(=O)c1ccsc1)c1ncccn1. The molecule has 0 radical (unpaired) electrons. The fourth-order valence-corrected chi connectivity index (χ4v) is 4.70. The Kier molecular flexibility index (Phi) is 6.32. The van der Waals surface area contributed by atoms with Crippen LogP contribution in [0.3, 0.4) is 0 Å². The Morgan fingerprint density at radius 1 is 1.17 bits per heavy atom. The van der Waals surface area contributed by atoms with Gasteiger partial charge in [-0.05, 0) is 41.8 Å². The van der Waals surface area contributed by atoms with Crippen LogP contribution in [-0.4, -0.2) is 46.5 Å². The summed E-state index contributed by atoms with van der Waals surface area (Å²) in [6.07, 6.45) is 5.38. The van der Waals surface area contributed by atoms with E-state index in [0.717, 1.165) is 32.5 Å². The first-order chi connectivity index (χ1) is 14.2. The summed E-state index contributed by atoms with van der Waals surface area (Å²) in [4.78, 5) is 26.4. The minimum absolute atomic E-state index is 0.00737. The van der Waals surface area contributed by atoms with Crippen molar-refractivity contribution in [3.05, 3.63) is 76.7 Å². The van der Waals surface area contributed by atoms with Crippen molar-refractivity contribution in [3.8, 4) is 0 Å². The van der Waals surface area contributed by atoms with Gasteiger partial charge in [0.2, 0.25) is 5.95 Å². The third-order valence-corrected chi connectivity index (χ3v) is 6.27. The number of piperidine rings is 1. The molecule has 0 aliphatic carbocycles. The van der Waals surface area contributed by atoms with Crippen molar-refractivity contribution in [2.45, 2.75) is 25.8 Å². The standard InChI is InChI=1S/C23H26N4OS/c1-18-16-26(13-8-19-6-3-2-4-7-19)14-9-21(18)27(23-24-11-5-12-25-23)22(28)20-10-15-29-17-20/h2-7,10-12,15,17-18,21H,8-9,13-14,16H2,1H3/t18-,21+/m1/s1. The number of amides is 1. The number of nitrogens with zero attached hydrogens (tertiary/aromatic N) is 4. The lowest BCUT2D eigenvalue weighted by molar-refractivity contribution is 0.0930. The molecular weight excluding hydrogens is 380 g/mol. The fourth-order valence-electron chi connectivity index (χ4n) is 4.07. The molecule has 0 saturated carbocycles. The highest BCUT2D eigenvalue weighted by Gasteiger charge is 2.35. The molecule has 0 N–H and O–H groups in total. The first-order valence-electron chi connectivity index (χ1n) is 10.1. The summed E-state index contributed by atoms with van der Waals surface area (Å²) >= 11 is 1.54. The summed E-state index contributed by atoms with van der Waals surface area (Å²) in [6, 6.07) is 14.4. The molecular formula is C23H26N4OS. The molecule has 1 amide bonds. The van der Waals surface area contributed by atoms with Crippen LogP contribution < -0.4 is 4.90 Å². The summed E-state index contributed by atoms with van der Waals surface area (Å²) in [6.45, 7) is 5.22. The van der Waals surface area contributed by atoms with E-state index in [0.29, 0.717) is 17.4 Å². The smallest absolute Gasteiger partial charge is 0.261 e. The third kappa shape index (κ3) is 4.71. The molecule has 0 bridgehead atoms. The van der Waals surface area contributed by atoms with Crippen LogP contribution in [0, 0.1) is 5.92 Å². The first-order valence-corrected chi connectivity index (χ1v) is 11.1. The number of anilines is 1. The zero-order chi connectivity index (χ0) is 20.1. The van der Waals surface area contributed by atoms with E-state index in [-0.39, 0.29) is 11.9 Å². The maximum atomic E-state index is 13.3. The van der Waals surface area contributed by atoms with Crippen LogP contribution in [0.25, 0.3) is 0 Å². The van der Waals surface area contributed by atoms with Gasteiger partial charge in [0.1, 0.15) is 0 Å². The Balaban J connectivity index is 1.47. The van der Waals surface area contributed by atoms with Gasteiger partial charge in [0, 0.05) is 43.4 Å². The molecule has 3 aromatic rings. The van der Waals surface area contributed by atoms with Crippen LogP contribution in [0.2, 0.25) is 0 Å². The van der Waals surface area contributed by atoms with Gasteiger partial charge in [-0.2, -0.15) is 11.3 Å². The van der Waals surface area contributed by atoms with Crippen molar-refractivity contribution in [3.63, 3.8) is 0 Å². The Bertz CT molecular complexity index is 901. The maximum absolute atomic E-state index is 13.3. The van der Waals surface area contributed by atoms with Gasteiger partial charge >= 0.3 is 0 Å². The summed E-state index contributed by atoms with van der Waals surface area (Å²) in [5.74, 6) is 0.830. The second kappa shape index (κ2) is 9.29. The number of likely N-dealkylation sites (tertiary alicyclic amines) is 1. The number of rotatable bonds is 6. The molecule has 2 aromatic heterocycles. The molecule has 1 fully saturated rings. The van der Waals surface area contributed by atoms with Crippen molar-refractivity contribution < 1.29 is 4.79 Å². The topological polar surface area (TPSA) is 49.3 Å². The molecule has 1 aliphatic rings. The highest BCUT2D eigenvalue weighted by atomic mass is 32.1. The fraction of sp³-hybridized carbons (Fsp3) is 0.348. The van der Waals surface area contributed by atoms with Crippen molar-refractivity contribution >= 4 is 23.2 Å². The van der Waals surface area contributed by atoms with E-state index in [1.165, 1.54) is 16.9 Å². The lowest BCUT2D eigenvalue weighted by Crippen LogP contribution is -2.53. The summed E-state index contributed by atoms with van der Waals surface area (Å²) in [5, 5.41) is 3.84. The molecule has 0 unspecified atom stereocenters. The van der Waals surface area contributed by atoms with Gasteiger partial charge in [-0.3, -0.25) is 9.69 Å². The molecule has 4 rings (SSSR count). The molecule has 150 valence electrons. The van der Waals surface area contributed by atoms with E-state index >= 15 is 0 Å². The van der Waals surface area contributed by atoms with E-state index in [9.17, 15) is 4.79 Å². The van der Waals surface area contributed by atoms with Crippen molar-refractivity contribution in [2.24, 2.45) is 5.92 Å². The number of aromatic nitrogens is 2. The first kappa shape index (κ1) is 19.7. The highest BCUT2D eigenvalue weighted by molar-refractivity contribution is 7.08. The largest absolute Gasteiger partial charge is 0.303 e. The van der Waals surface area contributed by atoms with Crippen LogP contribution in [0.5, 0.6) is 0 Å². The van der Waals surface area contributed by atoms with E-state index in [1.54, 1.807) is 18.5 Å². The zero-order valence-corrected chi connectivity index (χ0v) is 17.5. The third-order valence-electron chi connectivity index (χ3n) is 5.59. The van der Waals surface area contributed by atoms with E-state index in [1.807, 2.05) is 21.7 Å². The second-order valence-electron chi connectivity index (χ2n) is 7.61. The highest BCUT2D eigenvalue weighted by Crippen LogP contribution is 2.27. The zero-order valence-electron chi connectivity index (χ0n) is 16.6. The minimum atomic E-state index is -0.00737. The lowest BCUT2D eigenvalue weighted by atomic mass is 9.91. The Labute approximate surface area is 176 Å². The average Bonchev–Trinajstić information content (AvgIpc) is 3.30. The van der Waals surface area contributed by atoms with Crippen LogP contribution in [0.1, 0.15) is 29.3 Å². The quantitative estimate of drug-likeness (QED) is 0.617. The van der Waals surface area contributed by atoms with E-state index in [4.69, 9.17) is 0 Å². The van der Waals surface area contributed by atoms with Crippen molar-refractivity contribution in [1.82, 2.24) is 14.9 Å². The predicted octanol–water partition coefficient (Wildman–Crippen LogP) is 4.14. The van der Waals surface area contributed by atoms with Gasteiger partial charge in [-0.15, -0.1) is 0 Å². The van der Waals surface area contributed by atoms with Gasteiger partial charge in [-0.25, -0.2) is 9.97 Å². The maximum Gasteiger partial charge on any atom is 0.261 e. The van der Waals surface area contributed by atoms with Crippen LogP contribution >= 0.6 is 11.3 Å². The Morgan fingerprint density at radius 3 is 2.66 bits per heavy atom. The number of benzene rings is 1. The van der Waals surface area contributed by atoms with E-state index < -0.39 is 0 Å². The second-order valence-corrected chi connectivity index (χ2v) is 8.39. The number of hydrogen-bond donors (Lipinski definition) is 0. The molecule has 29 heavy (non-hydrogen) atoms. The number of carbonyl (C=O) groups is 1. The molecule has 2 atom stereocenters. The lowest BCUT2D eigenvalue weighted by Gasteiger charge is -2.41. The van der Waals surface area contributed by atoms with Crippen molar-refractivity contribution in [2.75, 3.05) is 24.5 Å². The van der Waals surface area contributed by atoms with Crippen LogP contribution in [0.15, 0.2) is 65.6 Å². The summed E-state index contributed by atoms with van der Waals surface area (Å²) < 4.78 is 0. The molecule has 1 aliphatic heterocycles. The normalized spacial score (nSPS) is 19.8. The van der Waals surface area contributed by atoms with Gasteiger partial charge in [0.15, 0.2) is 0 Å². The van der Waals surface area contributed by atoms with E-state index in [2.05, 4.69) is 52.1 Å². The van der Waals surface area contributed by atoms with Gasteiger partial charge in [-0.1, -0.05) is 37.3 Å². The molecule has 5 nitrogen and oxygen atoms in total. The molecule has 3 heterocycles. The van der Waals surface area contributed by atoms with Crippen LogP contribution in [-0.2, 0) is 6.42 Å².